The van der Waals surface area contributed by atoms with Gasteiger partial charge in [0.15, 0.2) is 0 Å². The predicted molar refractivity (Wildman–Crippen MR) is 117 cm³/mol. The van der Waals surface area contributed by atoms with E-state index in [1.807, 2.05) is 18.5 Å². The summed E-state index contributed by atoms with van der Waals surface area (Å²) in [6.45, 7) is 14.0. The highest BCUT2D eigenvalue weighted by molar-refractivity contribution is 7.97. The second-order valence-corrected chi connectivity index (χ2v) is 7.75. The molecule has 0 bridgehead atoms. The van der Waals surface area contributed by atoms with Crippen molar-refractivity contribution in [3.8, 4) is 5.75 Å². The first-order valence-electron chi connectivity index (χ1n) is 10.4. The molecule has 5 nitrogen and oxygen atoms in total. The number of likely N-dealkylation sites (N-methyl/N-ethyl adjacent to an activating group) is 1. The maximum atomic E-state index is 5.83. The molecule has 0 aromatic heterocycles. The normalized spacial score (nSPS) is 17.9. The second kappa shape index (κ2) is 13.0. The SMILES string of the molecule is CCN(CC)CCCOc1ccc(SNC=NCC2CCCN2CC)cc1. The average Bonchev–Trinajstić information content (AvgIpc) is 3.16. The molecule has 2 rings (SSSR count). The number of nitrogens with zero attached hydrogens (tertiary/aromatic N) is 3. The van der Waals surface area contributed by atoms with Crippen molar-refractivity contribution in [3.63, 3.8) is 0 Å². The van der Waals surface area contributed by atoms with Crippen molar-refractivity contribution in [1.82, 2.24) is 14.5 Å². The summed E-state index contributed by atoms with van der Waals surface area (Å²) in [6.07, 6.45) is 5.47. The number of aliphatic imine (C=N–C) groups is 1. The standard InChI is InChI=1S/C21H36N4OS/c1-4-24(5-2)14-8-16-26-20-10-12-21(13-11-20)27-23-18-22-17-19-9-7-15-25(19)6-3/h10-13,18-19H,4-9,14-17H2,1-3H3,(H,22,23). The predicted octanol–water partition coefficient (Wildman–Crippen LogP) is 3.91. The van der Waals surface area contributed by atoms with Crippen LogP contribution in [0.3, 0.4) is 0 Å². The molecule has 0 aliphatic carbocycles. The number of ether oxygens (including phenoxy) is 1. The molecule has 1 aliphatic heterocycles. The van der Waals surface area contributed by atoms with Crippen LogP contribution in [0.1, 0.15) is 40.0 Å². The number of rotatable bonds is 13. The van der Waals surface area contributed by atoms with Gasteiger partial charge in [-0.1, -0.05) is 20.8 Å². The quantitative estimate of drug-likeness (QED) is 0.239. The smallest absolute Gasteiger partial charge is 0.119 e. The molecular formula is C21H36N4OS. The molecule has 0 spiro atoms. The lowest BCUT2D eigenvalue weighted by Gasteiger charge is -2.20. The molecule has 0 radical (unpaired) electrons. The zero-order chi connectivity index (χ0) is 19.3. The number of likely N-dealkylation sites (tertiary alicyclic amines) is 1. The van der Waals surface area contributed by atoms with E-state index in [9.17, 15) is 0 Å². The highest BCUT2D eigenvalue weighted by Crippen LogP contribution is 2.19. The Labute approximate surface area is 169 Å². The summed E-state index contributed by atoms with van der Waals surface area (Å²) in [5.74, 6) is 0.938. The first kappa shape index (κ1) is 22.1. The first-order valence-corrected chi connectivity index (χ1v) is 11.2. The van der Waals surface area contributed by atoms with Gasteiger partial charge in [0.1, 0.15) is 5.75 Å². The fraction of sp³-hybridized carbons (Fsp3) is 0.667. The van der Waals surface area contributed by atoms with Gasteiger partial charge in [-0.05, 0) is 81.7 Å². The number of hydrogen-bond acceptors (Lipinski definition) is 5. The zero-order valence-electron chi connectivity index (χ0n) is 17.2. The van der Waals surface area contributed by atoms with Crippen LogP contribution >= 0.6 is 11.9 Å². The molecule has 1 aliphatic rings. The van der Waals surface area contributed by atoms with Gasteiger partial charge in [-0.3, -0.25) is 9.89 Å². The molecule has 6 heteroatoms. The van der Waals surface area contributed by atoms with Crippen molar-refractivity contribution in [2.75, 3.05) is 45.9 Å². The van der Waals surface area contributed by atoms with Gasteiger partial charge in [-0.15, -0.1) is 0 Å². The van der Waals surface area contributed by atoms with E-state index >= 15 is 0 Å². The highest BCUT2D eigenvalue weighted by atomic mass is 32.2. The lowest BCUT2D eigenvalue weighted by molar-refractivity contribution is 0.249. The lowest BCUT2D eigenvalue weighted by atomic mass is 10.2. The lowest BCUT2D eigenvalue weighted by Crippen LogP contribution is -2.31. The molecular weight excluding hydrogens is 356 g/mol. The molecule has 1 aromatic carbocycles. The minimum Gasteiger partial charge on any atom is -0.494 e. The molecule has 1 atom stereocenters. The Hall–Kier alpha value is -1.24. The number of benzene rings is 1. The van der Waals surface area contributed by atoms with Gasteiger partial charge in [-0.25, -0.2) is 0 Å². The average molecular weight is 393 g/mol. The van der Waals surface area contributed by atoms with Crippen molar-refractivity contribution in [2.45, 2.75) is 51.0 Å². The van der Waals surface area contributed by atoms with Crippen molar-refractivity contribution in [2.24, 2.45) is 4.99 Å². The van der Waals surface area contributed by atoms with E-state index in [1.165, 1.54) is 19.4 Å². The van der Waals surface area contributed by atoms with E-state index in [2.05, 4.69) is 52.4 Å². The van der Waals surface area contributed by atoms with Gasteiger partial charge in [0.2, 0.25) is 0 Å². The third kappa shape index (κ3) is 8.11. The van der Waals surface area contributed by atoms with E-state index in [-0.39, 0.29) is 0 Å². The van der Waals surface area contributed by atoms with Crippen molar-refractivity contribution in [1.29, 1.82) is 0 Å². The van der Waals surface area contributed by atoms with Crippen LogP contribution in [0.15, 0.2) is 34.2 Å². The van der Waals surface area contributed by atoms with E-state index < -0.39 is 0 Å². The summed E-state index contributed by atoms with van der Waals surface area (Å²) in [7, 11) is 0. The molecule has 27 heavy (non-hydrogen) atoms. The molecule has 0 amide bonds. The molecule has 1 saturated heterocycles. The van der Waals surface area contributed by atoms with Crippen LogP contribution in [0.4, 0.5) is 0 Å². The van der Waals surface area contributed by atoms with Gasteiger partial charge in [-0.2, -0.15) is 0 Å². The molecule has 1 unspecified atom stereocenters. The van der Waals surface area contributed by atoms with E-state index in [4.69, 9.17) is 4.74 Å². The molecule has 1 aromatic rings. The number of hydrogen-bond donors (Lipinski definition) is 1. The van der Waals surface area contributed by atoms with Crippen molar-refractivity contribution < 1.29 is 4.74 Å². The van der Waals surface area contributed by atoms with Gasteiger partial charge >= 0.3 is 0 Å². The Morgan fingerprint density at radius 3 is 2.74 bits per heavy atom. The van der Waals surface area contributed by atoms with Crippen LogP contribution in [0.25, 0.3) is 0 Å². The minimum absolute atomic E-state index is 0.621. The second-order valence-electron chi connectivity index (χ2n) is 6.84. The summed E-state index contributed by atoms with van der Waals surface area (Å²) in [4.78, 5) is 10.6. The third-order valence-corrected chi connectivity index (χ3v) is 5.88. The van der Waals surface area contributed by atoms with Crippen LogP contribution in [0.5, 0.6) is 5.75 Å². The molecule has 152 valence electrons. The summed E-state index contributed by atoms with van der Waals surface area (Å²) in [5.41, 5.74) is 0. The van der Waals surface area contributed by atoms with Gasteiger partial charge in [0.25, 0.3) is 0 Å². The maximum Gasteiger partial charge on any atom is 0.119 e. The van der Waals surface area contributed by atoms with Crippen LogP contribution in [-0.4, -0.2) is 68.1 Å². The highest BCUT2D eigenvalue weighted by Gasteiger charge is 2.21. The van der Waals surface area contributed by atoms with E-state index in [0.717, 1.165) is 56.4 Å². The Bertz CT molecular complexity index is 533. The van der Waals surface area contributed by atoms with Gasteiger partial charge < -0.3 is 14.4 Å². The summed E-state index contributed by atoms with van der Waals surface area (Å²) < 4.78 is 9.05. The fourth-order valence-corrected chi connectivity index (χ4v) is 3.98. The molecule has 1 heterocycles. The Kier molecular flexibility index (Phi) is 10.6. The Morgan fingerprint density at radius 1 is 1.26 bits per heavy atom. The van der Waals surface area contributed by atoms with Gasteiger partial charge in [0.05, 0.1) is 19.5 Å². The topological polar surface area (TPSA) is 40.1 Å². The fourth-order valence-electron chi connectivity index (χ4n) is 3.45. The van der Waals surface area contributed by atoms with E-state index in [0.29, 0.717) is 6.04 Å². The van der Waals surface area contributed by atoms with Crippen LogP contribution in [-0.2, 0) is 0 Å². The monoisotopic (exact) mass is 392 g/mol. The largest absolute Gasteiger partial charge is 0.494 e. The Balaban J connectivity index is 1.60. The zero-order valence-corrected chi connectivity index (χ0v) is 18.0. The summed E-state index contributed by atoms with van der Waals surface area (Å²) in [6, 6.07) is 8.87. The van der Waals surface area contributed by atoms with Crippen LogP contribution < -0.4 is 9.46 Å². The van der Waals surface area contributed by atoms with Gasteiger partial charge in [0, 0.05) is 17.5 Å². The molecule has 0 saturated carbocycles. The van der Waals surface area contributed by atoms with Crippen molar-refractivity contribution in [3.05, 3.63) is 24.3 Å². The van der Waals surface area contributed by atoms with Crippen LogP contribution in [0.2, 0.25) is 0 Å². The first-order chi connectivity index (χ1) is 13.3. The number of nitrogens with one attached hydrogen (secondary N) is 1. The summed E-state index contributed by atoms with van der Waals surface area (Å²) >= 11 is 1.58. The minimum atomic E-state index is 0.621. The van der Waals surface area contributed by atoms with E-state index in [1.54, 1.807) is 11.9 Å². The van der Waals surface area contributed by atoms with Crippen molar-refractivity contribution >= 4 is 18.3 Å². The molecule has 1 N–H and O–H groups in total. The third-order valence-electron chi connectivity index (χ3n) is 5.15. The maximum absolute atomic E-state index is 5.83. The Morgan fingerprint density at radius 2 is 2.04 bits per heavy atom. The summed E-state index contributed by atoms with van der Waals surface area (Å²) in [5, 5.41) is 0. The molecule has 1 fully saturated rings. The van der Waals surface area contributed by atoms with Crippen LogP contribution in [0, 0.1) is 0 Å².